The first-order chi connectivity index (χ1) is 9.49. The Hall–Kier alpha value is -2.41. The van der Waals surface area contributed by atoms with E-state index in [1.54, 1.807) is 30.3 Å². The maximum absolute atomic E-state index is 11.3. The molecule has 1 N–H and O–H groups in total. The van der Waals surface area contributed by atoms with Gasteiger partial charge in [-0.3, -0.25) is 4.79 Å². The van der Waals surface area contributed by atoms with Crippen molar-refractivity contribution in [1.29, 1.82) is 0 Å². The van der Waals surface area contributed by atoms with Gasteiger partial charge in [0.15, 0.2) is 5.02 Å². The molecule has 0 spiro atoms. The van der Waals surface area contributed by atoms with Crippen molar-refractivity contribution in [3.63, 3.8) is 0 Å². The Kier molecular flexibility index (Phi) is 3.99. The molecule has 1 aromatic carbocycles. The van der Waals surface area contributed by atoms with Gasteiger partial charge in [0.05, 0.1) is 17.8 Å². The molecule has 1 heterocycles. The third-order valence-electron chi connectivity index (χ3n) is 2.74. The Bertz CT molecular complexity index is 641. The molecule has 104 valence electrons. The minimum absolute atomic E-state index is 0.0348. The highest BCUT2D eigenvalue weighted by Gasteiger charge is 2.25. The molecule has 0 saturated heterocycles. The van der Waals surface area contributed by atoms with Crippen LogP contribution in [0.4, 0.5) is 5.82 Å². The van der Waals surface area contributed by atoms with Crippen LogP contribution < -0.4 is 0 Å². The standard InChI is InChI=1S/C12H10ClN3O4/c13-10-7-15(14-11(10)16(19)20)6-9(12(17)18)8-4-2-1-3-5-8/h1-5,7,9H,6H2,(H,17,18). The number of carboxylic acids is 1. The molecule has 7 nitrogen and oxygen atoms in total. The summed E-state index contributed by atoms with van der Waals surface area (Å²) in [5.74, 6) is -2.37. The summed E-state index contributed by atoms with van der Waals surface area (Å²) >= 11 is 5.68. The zero-order chi connectivity index (χ0) is 14.7. The van der Waals surface area contributed by atoms with Crippen LogP contribution in [0.5, 0.6) is 0 Å². The molecule has 0 saturated carbocycles. The topological polar surface area (TPSA) is 98.3 Å². The lowest BCUT2D eigenvalue weighted by molar-refractivity contribution is -0.389. The molecule has 0 amide bonds. The molecule has 20 heavy (non-hydrogen) atoms. The number of halogens is 1. The van der Waals surface area contributed by atoms with Crippen molar-refractivity contribution < 1.29 is 14.8 Å². The van der Waals surface area contributed by atoms with E-state index < -0.39 is 22.6 Å². The minimum atomic E-state index is -1.04. The summed E-state index contributed by atoms with van der Waals surface area (Å²) in [5, 5.41) is 23.5. The van der Waals surface area contributed by atoms with Gasteiger partial charge in [-0.25, -0.2) is 0 Å². The smallest absolute Gasteiger partial charge is 0.408 e. The predicted molar refractivity (Wildman–Crippen MR) is 70.7 cm³/mol. The summed E-state index contributed by atoms with van der Waals surface area (Å²) in [6, 6.07) is 8.59. The highest BCUT2D eigenvalue weighted by molar-refractivity contribution is 6.32. The summed E-state index contributed by atoms with van der Waals surface area (Å²) in [7, 11) is 0. The fraction of sp³-hybridized carbons (Fsp3) is 0.167. The van der Waals surface area contributed by atoms with Gasteiger partial charge in [0, 0.05) is 0 Å². The summed E-state index contributed by atoms with van der Waals surface area (Å²) in [4.78, 5) is 21.3. The summed E-state index contributed by atoms with van der Waals surface area (Å²) in [5.41, 5.74) is 0.592. The van der Waals surface area contributed by atoms with Crippen molar-refractivity contribution in [3.05, 3.63) is 57.2 Å². The Balaban J connectivity index is 2.28. The maximum Gasteiger partial charge on any atom is 0.408 e. The van der Waals surface area contributed by atoms with E-state index in [0.717, 1.165) is 0 Å². The molecule has 1 aromatic heterocycles. The minimum Gasteiger partial charge on any atom is -0.481 e. The molecule has 1 unspecified atom stereocenters. The van der Waals surface area contributed by atoms with E-state index in [4.69, 9.17) is 11.6 Å². The summed E-state index contributed by atoms with van der Waals surface area (Å²) in [6.45, 7) is -0.0348. The number of hydrogen-bond acceptors (Lipinski definition) is 4. The Morgan fingerprint density at radius 2 is 2.10 bits per heavy atom. The Morgan fingerprint density at radius 3 is 2.60 bits per heavy atom. The van der Waals surface area contributed by atoms with Gasteiger partial charge in [0.1, 0.15) is 5.92 Å². The molecule has 2 aromatic rings. The average Bonchev–Trinajstić information content (AvgIpc) is 2.78. The van der Waals surface area contributed by atoms with Gasteiger partial charge in [-0.1, -0.05) is 41.9 Å². The molecule has 0 bridgehead atoms. The number of carbonyl (C=O) groups is 1. The first kappa shape index (κ1) is 14.0. The van der Waals surface area contributed by atoms with Gasteiger partial charge >= 0.3 is 11.8 Å². The highest BCUT2D eigenvalue weighted by atomic mass is 35.5. The monoisotopic (exact) mass is 295 g/mol. The summed E-state index contributed by atoms with van der Waals surface area (Å²) < 4.78 is 1.17. The van der Waals surface area contributed by atoms with E-state index >= 15 is 0 Å². The van der Waals surface area contributed by atoms with Crippen LogP contribution in [0.15, 0.2) is 36.5 Å². The molecule has 0 aliphatic carbocycles. The lowest BCUT2D eigenvalue weighted by atomic mass is 9.99. The first-order valence-electron chi connectivity index (χ1n) is 5.64. The van der Waals surface area contributed by atoms with Gasteiger partial charge < -0.3 is 15.2 Å². The van der Waals surface area contributed by atoms with Crippen molar-refractivity contribution >= 4 is 23.4 Å². The van der Waals surface area contributed by atoms with E-state index in [2.05, 4.69) is 5.10 Å². The van der Waals surface area contributed by atoms with Crippen LogP contribution in [-0.2, 0) is 11.3 Å². The van der Waals surface area contributed by atoms with Gasteiger partial charge in [0.25, 0.3) is 0 Å². The van der Waals surface area contributed by atoms with Gasteiger partial charge in [0.2, 0.25) is 0 Å². The van der Waals surface area contributed by atoms with Crippen LogP contribution in [-0.4, -0.2) is 25.8 Å². The maximum atomic E-state index is 11.3. The second-order valence-corrected chi connectivity index (χ2v) is 4.49. The molecule has 8 heteroatoms. The van der Waals surface area contributed by atoms with Crippen molar-refractivity contribution in [2.24, 2.45) is 0 Å². The van der Waals surface area contributed by atoms with Crippen molar-refractivity contribution in [2.75, 3.05) is 0 Å². The lowest BCUT2D eigenvalue weighted by Gasteiger charge is -2.10. The fourth-order valence-electron chi connectivity index (χ4n) is 1.80. The Morgan fingerprint density at radius 1 is 1.45 bits per heavy atom. The number of nitro groups is 1. The van der Waals surface area contributed by atoms with Crippen LogP contribution in [0.2, 0.25) is 5.02 Å². The van der Waals surface area contributed by atoms with E-state index in [1.807, 2.05) is 0 Å². The molecule has 0 fully saturated rings. The normalized spacial score (nSPS) is 12.1. The zero-order valence-electron chi connectivity index (χ0n) is 10.1. The van der Waals surface area contributed by atoms with E-state index in [0.29, 0.717) is 5.56 Å². The van der Waals surface area contributed by atoms with Crippen molar-refractivity contribution in [1.82, 2.24) is 9.78 Å². The van der Waals surface area contributed by atoms with Crippen molar-refractivity contribution in [2.45, 2.75) is 12.5 Å². The highest BCUT2D eigenvalue weighted by Crippen LogP contribution is 2.24. The molecule has 0 aliphatic heterocycles. The number of hydrogen-bond donors (Lipinski definition) is 1. The van der Waals surface area contributed by atoms with Crippen LogP contribution in [0.25, 0.3) is 0 Å². The van der Waals surface area contributed by atoms with Gasteiger partial charge in [-0.05, 0) is 10.5 Å². The van der Waals surface area contributed by atoms with Crippen LogP contribution in [0.1, 0.15) is 11.5 Å². The van der Waals surface area contributed by atoms with Crippen LogP contribution in [0.3, 0.4) is 0 Å². The van der Waals surface area contributed by atoms with Gasteiger partial charge in [-0.2, -0.15) is 4.68 Å². The molecular formula is C12H10ClN3O4. The second kappa shape index (κ2) is 5.70. The quantitative estimate of drug-likeness (QED) is 0.674. The number of aromatic nitrogens is 2. The molecule has 0 radical (unpaired) electrons. The Labute approximate surface area is 118 Å². The molecule has 1 atom stereocenters. The SMILES string of the molecule is O=C(O)C(Cn1cc(Cl)c([N+](=O)[O-])n1)c1ccccc1. The second-order valence-electron chi connectivity index (χ2n) is 4.08. The molecule has 2 rings (SSSR count). The number of nitrogens with zero attached hydrogens (tertiary/aromatic N) is 3. The predicted octanol–water partition coefficient (Wildman–Crippen LogP) is 2.31. The van der Waals surface area contributed by atoms with E-state index in [1.165, 1.54) is 10.9 Å². The lowest BCUT2D eigenvalue weighted by Crippen LogP contribution is -2.18. The molecule has 0 aliphatic rings. The zero-order valence-corrected chi connectivity index (χ0v) is 10.9. The number of carboxylic acid groups (broad SMARTS) is 1. The number of benzene rings is 1. The third kappa shape index (κ3) is 2.94. The largest absolute Gasteiger partial charge is 0.481 e. The number of aliphatic carboxylic acids is 1. The van der Waals surface area contributed by atoms with E-state index in [9.17, 15) is 20.0 Å². The van der Waals surface area contributed by atoms with Crippen LogP contribution in [0, 0.1) is 10.1 Å². The van der Waals surface area contributed by atoms with Crippen molar-refractivity contribution in [3.8, 4) is 0 Å². The molecular weight excluding hydrogens is 286 g/mol. The third-order valence-corrected chi connectivity index (χ3v) is 3.01. The van der Waals surface area contributed by atoms with E-state index in [-0.39, 0.29) is 11.6 Å². The van der Waals surface area contributed by atoms with Crippen LogP contribution >= 0.6 is 11.6 Å². The first-order valence-corrected chi connectivity index (χ1v) is 6.02. The fourth-order valence-corrected chi connectivity index (χ4v) is 2.02. The number of rotatable bonds is 5. The van der Waals surface area contributed by atoms with Gasteiger partial charge in [-0.15, -0.1) is 0 Å². The summed E-state index contributed by atoms with van der Waals surface area (Å²) in [6.07, 6.45) is 1.25. The average molecular weight is 296 g/mol.